The van der Waals surface area contributed by atoms with Gasteiger partial charge in [-0.15, -0.1) is 0 Å². The molecule has 160 valence electrons. The van der Waals surface area contributed by atoms with Crippen molar-refractivity contribution < 1.29 is 9.53 Å². The van der Waals surface area contributed by atoms with Crippen molar-refractivity contribution in [1.29, 1.82) is 0 Å². The van der Waals surface area contributed by atoms with E-state index in [1.807, 2.05) is 0 Å². The number of hydrogen-bond donors (Lipinski definition) is 0. The van der Waals surface area contributed by atoms with Crippen LogP contribution in [-0.4, -0.2) is 17.6 Å². The van der Waals surface area contributed by atoms with E-state index >= 15 is 0 Å². The van der Waals surface area contributed by atoms with Crippen molar-refractivity contribution in [2.24, 2.45) is 5.92 Å². The predicted molar refractivity (Wildman–Crippen MR) is 123 cm³/mol. The Kier molecular flexibility index (Phi) is 4.31. The number of benzene rings is 2. The molecule has 0 unspecified atom stereocenters. The van der Waals surface area contributed by atoms with Gasteiger partial charge in [0, 0.05) is 18.2 Å². The smallest absolute Gasteiger partial charge is 0.307 e. The first kappa shape index (κ1) is 19.2. The molecule has 2 aromatic carbocycles. The van der Waals surface area contributed by atoms with Crippen LogP contribution in [0.5, 0.6) is 0 Å². The number of hydrogen-bond acceptors (Lipinski definition) is 3. The molecule has 0 aromatic heterocycles. The van der Waals surface area contributed by atoms with E-state index < -0.39 is 5.60 Å². The highest BCUT2D eigenvalue weighted by molar-refractivity contribution is 5.84. The zero-order chi connectivity index (χ0) is 21.1. The lowest BCUT2D eigenvalue weighted by atomic mass is 9.65. The van der Waals surface area contributed by atoms with E-state index in [0.29, 0.717) is 12.3 Å². The van der Waals surface area contributed by atoms with Crippen LogP contribution in [0.15, 0.2) is 66.2 Å². The average molecular weight is 414 g/mol. The van der Waals surface area contributed by atoms with Gasteiger partial charge >= 0.3 is 5.97 Å². The quantitative estimate of drug-likeness (QED) is 0.320. The maximum Gasteiger partial charge on any atom is 0.307 e. The highest BCUT2D eigenvalue weighted by atomic mass is 16.6. The van der Waals surface area contributed by atoms with Crippen molar-refractivity contribution in [2.75, 3.05) is 4.90 Å². The summed E-state index contributed by atoms with van der Waals surface area (Å²) in [5.74, 6) is 0.451. The van der Waals surface area contributed by atoms with Crippen LogP contribution in [0.4, 0.5) is 5.69 Å². The first-order chi connectivity index (χ1) is 15.2. The number of nitrogens with zero attached hydrogens (tertiary/aromatic N) is 1. The summed E-state index contributed by atoms with van der Waals surface area (Å²) >= 11 is 0. The third-order valence-electron chi connectivity index (χ3n) is 8.08. The predicted octanol–water partition coefficient (Wildman–Crippen LogP) is 5.93. The van der Waals surface area contributed by atoms with Crippen molar-refractivity contribution in [1.82, 2.24) is 0 Å². The van der Waals surface area contributed by atoms with Crippen LogP contribution in [0, 0.1) is 5.92 Å². The van der Waals surface area contributed by atoms with E-state index in [-0.39, 0.29) is 17.4 Å². The number of anilines is 1. The Morgan fingerprint density at radius 3 is 2.58 bits per heavy atom. The molecule has 2 aliphatic carbocycles. The van der Waals surface area contributed by atoms with Crippen LogP contribution in [0.1, 0.15) is 63.0 Å². The molecule has 31 heavy (non-hydrogen) atoms. The second-order valence-corrected chi connectivity index (χ2v) is 9.90. The Bertz CT molecular complexity index is 1040. The summed E-state index contributed by atoms with van der Waals surface area (Å²) < 4.78 is 6.35. The van der Waals surface area contributed by atoms with Gasteiger partial charge in [-0.25, -0.2) is 0 Å². The number of unbranched alkanes of at least 4 members (excludes halogenated alkanes) is 2. The molecule has 0 N–H and O–H groups in total. The average Bonchev–Trinajstić information content (AvgIpc) is 3.49. The minimum atomic E-state index is -0.447. The Morgan fingerprint density at radius 2 is 1.81 bits per heavy atom. The van der Waals surface area contributed by atoms with Crippen molar-refractivity contribution in [3.63, 3.8) is 0 Å². The minimum absolute atomic E-state index is 0.0166. The third kappa shape index (κ3) is 2.62. The highest BCUT2D eigenvalue weighted by Crippen LogP contribution is 2.69. The first-order valence-electron chi connectivity index (χ1n) is 12.0. The Hall–Kier alpha value is -2.55. The summed E-state index contributed by atoms with van der Waals surface area (Å²) in [6.45, 7) is 3.13. The second-order valence-electron chi connectivity index (χ2n) is 9.90. The fourth-order valence-corrected chi connectivity index (χ4v) is 6.80. The van der Waals surface area contributed by atoms with Crippen LogP contribution in [-0.2, 0) is 21.5 Å². The minimum Gasteiger partial charge on any atom is -0.453 e. The van der Waals surface area contributed by atoms with Crippen molar-refractivity contribution >= 4 is 11.7 Å². The molecule has 2 fully saturated rings. The molecular formula is C28H31NO2. The lowest BCUT2D eigenvalue weighted by Gasteiger charge is -2.40. The van der Waals surface area contributed by atoms with E-state index in [0.717, 1.165) is 13.0 Å². The summed E-state index contributed by atoms with van der Waals surface area (Å²) in [6, 6.07) is 19.8. The number of para-hydroxylation sites is 1. The fraction of sp³-hybridized carbons (Fsp3) is 0.464. The molecule has 1 saturated carbocycles. The molecule has 2 heterocycles. The Balaban J connectivity index is 1.51. The van der Waals surface area contributed by atoms with E-state index in [1.54, 1.807) is 0 Å². The lowest BCUT2D eigenvalue weighted by molar-refractivity contribution is -0.147. The van der Waals surface area contributed by atoms with Gasteiger partial charge in [0.05, 0.1) is 17.9 Å². The van der Waals surface area contributed by atoms with Gasteiger partial charge in [0.25, 0.3) is 0 Å². The highest BCUT2D eigenvalue weighted by Gasteiger charge is 2.75. The molecule has 2 aliphatic heterocycles. The van der Waals surface area contributed by atoms with Gasteiger partial charge in [-0.05, 0) is 54.5 Å². The van der Waals surface area contributed by atoms with Crippen molar-refractivity contribution in [3.8, 4) is 0 Å². The maximum atomic E-state index is 12.9. The zero-order valence-electron chi connectivity index (χ0n) is 18.3. The zero-order valence-corrected chi connectivity index (χ0v) is 18.3. The van der Waals surface area contributed by atoms with Crippen LogP contribution in [0.25, 0.3) is 0 Å². The van der Waals surface area contributed by atoms with Gasteiger partial charge in [0.15, 0.2) is 0 Å². The summed E-state index contributed by atoms with van der Waals surface area (Å²) in [5, 5.41) is 0. The molecule has 0 amide bonds. The largest absolute Gasteiger partial charge is 0.453 e. The van der Waals surface area contributed by atoms with Crippen molar-refractivity contribution in [2.45, 2.75) is 75.5 Å². The normalized spacial score (nSPS) is 30.6. The number of ether oxygens (including phenoxy) is 1. The van der Waals surface area contributed by atoms with Crippen molar-refractivity contribution in [3.05, 3.63) is 77.4 Å². The first-order valence-corrected chi connectivity index (χ1v) is 12.0. The SMILES string of the molecule is CCCCCC1=C[C@]2(C3CC3)OC(=O)C[C@@]23c2ccccc2N(Cc2ccccc2)[C@@H]13. The van der Waals surface area contributed by atoms with Gasteiger partial charge < -0.3 is 9.64 Å². The Morgan fingerprint density at radius 1 is 1.03 bits per heavy atom. The van der Waals surface area contributed by atoms with Gasteiger partial charge in [-0.1, -0.05) is 68.3 Å². The molecule has 3 nitrogen and oxygen atoms in total. The van der Waals surface area contributed by atoms with Crippen LogP contribution >= 0.6 is 0 Å². The topological polar surface area (TPSA) is 29.5 Å². The molecule has 6 rings (SSSR count). The third-order valence-corrected chi connectivity index (χ3v) is 8.08. The van der Waals surface area contributed by atoms with E-state index in [4.69, 9.17) is 4.74 Å². The summed E-state index contributed by atoms with van der Waals surface area (Å²) in [4.78, 5) is 15.5. The number of fused-ring (bicyclic) bond motifs is 1. The molecule has 0 radical (unpaired) electrons. The summed E-state index contributed by atoms with van der Waals surface area (Å²) in [5.41, 5.74) is 4.73. The molecule has 1 spiro atoms. The van der Waals surface area contributed by atoms with E-state index in [9.17, 15) is 4.79 Å². The van der Waals surface area contributed by atoms with Gasteiger partial charge in [-0.3, -0.25) is 4.79 Å². The van der Waals surface area contributed by atoms with Crippen LogP contribution in [0.3, 0.4) is 0 Å². The number of rotatable bonds is 7. The molecule has 3 heteroatoms. The van der Waals surface area contributed by atoms with E-state index in [1.165, 1.54) is 54.5 Å². The summed E-state index contributed by atoms with van der Waals surface area (Å²) in [7, 11) is 0. The Labute approximate surface area is 185 Å². The monoisotopic (exact) mass is 413 g/mol. The molecule has 1 saturated heterocycles. The number of esters is 1. The van der Waals surface area contributed by atoms with Crippen LogP contribution in [0.2, 0.25) is 0 Å². The standard InChI is InChI=1S/C28H31NO2/c1-2-3-5-12-21-17-28(22-15-16-22)27(18-25(30)31-28)23-13-8-9-14-24(23)29(26(21)27)19-20-10-6-4-7-11-20/h4,6-11,13-14,17,22,26H,2-3,5,12,15-16,18-19H2,1H3/t26-,27-,28+/m0/s1. The van der Waals surface area contributed by atoms with Gasteiger partial charge in [0.2, 0.25) is 0 Å². The van der Waals surface area contributed by atoms with Crippen LogP contribution < -0.4 is 4.90 Å². The molecular weight excluding hydrogens is 382 g/mol. The molecule has 3 atom stereocenters. The molecule has 2 aromatic rings. The van der Waals surface area contributed by atoms with Gasteiger partial charge in [0.1, 0.15) is 5.60 Å². The van der Waals surface area contributed by atoms with Gasteiger partial charge in [-0.2, -0.15) is 0 Å². The number of carbonyl (C=O) groups excluding carboxylic acids is 1. The molecule has 4 aliphatic rings. The van der Waals surface area contributed by atoms with E-state index in [2.05, 4.69) is 72.5 Å². The fourth-order valence-electron chi connectivity index (χ4n) is 6.80. The number of carbonyl (C=O) groups is 1. The summed E-state index contributed by atoms with van der Waals surface area (Å²) in [6.07, 6.45) is 10.1. The lowest BCUT2D eigenvalue weighted by Crippen LogP contribution is -2.53. The second kappa shape index (κ2) is 6.98. The molecule has 0 bridgehead atoms. The maximum absolute atomic E-state index is 12.9.